The summed E-state index contributed by atoms with van der Waals surface area (Å²) in [5.74, 6) is 0.674. The van der Waals surface area contributed by atoms with Crippen molar-refractivity contribution in [1.82, 2.24) is 4.31 Å². The van der Waals surface area contributed by atoms with Crippen molar-refractivity contribution in [1.29, 1.82) is 0 Å². The van der Waals surface area contributed by atoms with Gasteiger partial charge in [0.05, 0.1) is 23.1 Å². The molecule has 0 saturated carbocycles. The average molecular weight is 315 g/mol. The number of aliphatic hydroxyl groups excluding tert-OH is 1. The molecule has 0 heterocycles. The molecule has 6 heteroatoms. The Balaban J connectivity index is 3.19. The van der Waals surface area contributed by atoms with Crippen molar-refractivity contribution in [2.45, 2.75) is 51.2 Å². The van der Waals surface area contributed by atoms with Crippen molar-refractivity contribution >= 4 is 10.0 Å². The van der Waals surface area contributed by atoms with Gasteiger partial charge in [0.1, 0.15) is 5.75 Å². The first-order chi connectivity index (χ1) is 9.52. The summed E-state index contributed by atoms with van der Waals surface area (Å²) in [4.78, 5) is 0.195. The van der Waals surface area contributed by atoms with Gasteiger partial charge in [0.2, 0.25) is 10.0 Å². The first-order valence-electron chi connectivity index (χ1n) is 6.89. The highest BCUT2D eigenvalue weighted by molar-refractivity contribution is 7.89. The van der Waals surface area contributed by atoms with Crippen LogP contribution in [0.5, 0.6) is 5.75 Å². The lowest BCUT2D eigenvalue weighted by molar-refractivity contribution is 0.138. The highest BCUT2D eigenvalue weighted by atomic mass is 32.2. The molecule has 0 amide bonds. The third-order valence-electron chi connectivity index (χ3n) is 3.41. The zero-order chi connectivity index (χ0) is 16.4. The molecule has 0 aliphatic rings. The summed E-state index contributed by atoms with van der Waals surface area (Å²) in [6, 6.07) is 4.79. The van der Waals surface area contributed by atoms with Crippen LogP contribution in [-0.4, -0.2) is 43.1 Å². The quantitative estimate of drug-likeness (QED) is 0.873. The molecular weight excluding hydrogens is 290 g/mol. The summed E-state index contributed by atoms with van der Waals surface area (Å²) >= 11 is 0. The van der Waals surface area contributed by atoms with E-state index >= 15 is 0 Å². The van der Waals surface area contributed by atoms with E-state index in [0.717, 1.165) is 5.56 Å². The van der Waals surface area contributed by atoms with Gasteiger partial charge in [0.25, 0.3) is 0 Å². The van der Waals surface area contributed by atoms with Gasteiger partial charge < -0.3 is 9.84 Å². The summed E-state index contributed by atoms with van der Waals surface area (Å²) in [5, 5.41) is 9.35. The monoisotopic (exact) mass is 315 g/mol. The molecule has 5 nitrogen and oxygen atoms in total. The number of rotatable bonds is 6. The molecular formula is C15H25NO4S. The van der Waals surface area contributed by atoms with Gasteiger partial charge in [-0.3, -0.25) is 0 Å². The average Bonchev–Trinajstić information content (AvgIpc) is 2.39. The summed E-state index contributed by atoms with van der Waals surface area (Å²) in [7, 11) is -2.19. The molecule has 21 heavy (non-hydrogen) atoms. The minimum atomic E-state index is -3.66. The number of benzene rings is 1. The normalized spacial score (nSPS) is 13.0. The lowest BCUT2D eigenvalue weighted by Crippen LogP contribution is -2.47. The predicted octanol–water partition coefficient (Wildman–Crippen LogP) is 2.17. The van der Waals surface area contributed by atoms with Crippen LogP contribution in [-0.2, 0) is 10.0 Å². The zero-order valence-electron chi connectivity index (χ0n) is 13.5. The molecule has 0 saturated heterocycles. The standard InChI is InChI=1S/C15H25NO4S/c1-11(2)20-14-8-7-13(9-12(14)3)21(18,19)16(6)15(4,5)10-17/h7-9,11,17H,10H2,1-6H3. The first-order valence-corrected chi connectivity index (χ1v) is 8.33. The zero-order valence-corrected chi connectivity index (χ0v) is 14.4. The van der Waals surface area contributed by atoms with E-state index < -0.39 is 15.6 Å². The Labute approximate surface area is 127 Å². The molecule has 0 aliphatic carbocycles. The predicted molar refractivity (Wildman–Crippen MR) is 83.1 cm³/mol. The third-order valence-corrected chi connectivity index (χ3v) is 5.47. The fraction of sp³-hybridized carbons (Fsp3) is 0.600. The maximum absolute atomic E-state index is 12.6. The first kappa shape index (κ1) is 17.9. The molecule has 1 rings (SSSR count). The van der Waals surface area contributed by atoms with Gasteiger partial charge >= 0.3 is 0 Å². The van der Waals surface area contributed by atoms with Gasteiger partial charge in [-0.25, -0.2) is 8.42 Å². The van der Waals surface area contributed by atoms with E-state index in [1.807, 2.05) is 20.8 Å². The van der Waals surface area contributed by atoms with Crippen LogP contribution in [0.2, 0.25) is 0 Å². The van der Waals surface area contributed by atoms with E-state index in [-0.39, 0.29) is 17.6 Å². The van der Waals surface area contributed by atoms with Crippen molar-refractivity contribution in [3.05, 3.63) is 23.8 Å². The molecule has 0 aromatic heterocycles. The molecule has 0 aliphatic heterocycles. The molecule has 0 radical (unpaired) electrons. The minimum Gasteiger partial charge on any atom is -0.491 e. The van der Waals surface area contributed by atoms with Crippen LogP contribution in [0.4, 0.5) is 0 Å². The third kappa shape index (κ3) is 3.96. The van der Waals surface area contributed by atoms with Crippen LogP contribution in [0.15, 0.2) is 23.1 Å². The summed E-state index contributed by atoms with van der Waals surface area (Å²) in [5.41, 5.74) is -0.0974. The second kappa shape index (κ2) is 6.34. The molecule has 0 spiro atoms. The van der Waals surface area contributed by atoms with Crippen molar-refractivity contribution in [2.24, 2.45) is 0 Å². The number of nitrogens with zero attached hydrogens (tertiary/aromatic N) is 1. The number of ether oxygens (including phenoxy) is 1. The number of sulfonamides is 1. The Kier molecular flexibility index (Phi) is 5.41. The van der Waals surface area contributed by atoms with Crippen molar-refractivity contribution in [2.75, 3.05) is 13.7 Å². The Bertz CT molecular complexity index is 594. The minimum absolute atomic E-state index is 0.0298. The maximum Gasteiger partial charge on any atom is 0.243 e. The summed E-state index contributed by atoms with van der Waals surface area (Å²) in [6.45, 7) is 8.74. The maximum atomic E-state index is 12.6. The number of aliphatic hydroxyl groups is 1. The number of aryl methyl sites for hydroxylation is 1. The van der Waals surface area contributed by atoms with E-state index in [1.165, 1.54) is 17.4 Å². The topological polar surface area (TPSA) is 66.8 Å². The second-order valence-electron chi connectivity index (χ2n) is 6.04. The Morgan fingerprint density at radius 1 is 1.33 bits per heavy atom. The summed E-state index contributed by atoms with van der Waals surface area (Å²) in [6.07, 6.45) is 0.0298. The van der Waals surface area contributed by atoms with Gasteiger partial charge in [0, 0.05) is 7.05 Å². The van der Waals surface area contributed by atoms with Gasteiger partial charge in [-0.05, 0) is 58.4 Å². The number of hydrogen-bond acceptors (Lipinski definition) is 4. The molecule has 0 bridgehead atoms. The lowest BCUT2D eigenvalue weighted by Gasteiger charge is -2.32. The lowest BCUT2D eigenvalue weighted by atomic mass is 10.1. The van der Waals surface area contributed by atoms with Crippen LogP contribution in [0, 0.1) is 6.92 Å². The van der Waals surface area contributed by atoms with Crippen LogP contribution in [0.1, 0.15) is 33.3 Å². The summed E-state index contributed by atoms with van der Waals surface area (Å²) < 4.78 is 32.0. The van der Waals surface area contributed by atoms with Crippen molar-refractivity contribution < 1.29 is 18.3 Å². The molecule has 0 unspecified atom stereocenters. The van der Waals surface area contributed by atoms with E-state index in [0.29, 0.717) is 5.75 Å². The molecule has 1 N–H and O–H groups in total. The van der Waals surface area contributed by atoms with Gasteiger partial charge in [-0.1, -0.05) is 0 Å². The number of likely N-dealkylation sites (N-methyl/N-ethyl adjacent to an activating group) is 1. The largest absolute Gasteiger partial charge is 0.491 e. The Morgan fingerprint density at radius 3 is 2.33 bits per heavy atom. The molecule has 0 atom stereocenters. The van der Waals surface area contributed by atoms with Gasteiger partial charge in [-0.15, -0.1) is 0 Å². The van der Waals surface area contributed by atoms with E-state index in [2.05, 4.69) is 0 Å². The van der Waals surface area contributed by atoms with Crippen LogP contribution >= 0.6 is 0 Å². The van der Waals surface area contributed by atoms with Gasteiger partial charge in [-0.2, -0.15) is 4.31 Å². The second-order valence-corrected chi connectivity index (χ2v) is 8.01. The van der Waals surface area contributed by atoms with Crippen LogP contribution in [0.3, 0.4) is 0 Å². The Morgan fingerprint density at radius 2 is 1.90 bits per heavy atom. The van der Waals surface area contributed by atoms with Crippen molar-refractivity contribution in [3.63, 3.8) is 0 Å². The van der Waals surface area contributed by atoms with Gasteiger partial charge in [0.15, 0.2) is 0 Å². The van der Waals surface area contributed by atoms with Crippen LogP contribution in [0.25, 0.3) is 0 Å². The van der Waals surface area contributed by atoms with Crippen molar-refractivity contribution in [3.8, 4) is 5.75 Å². The Hall–Kier alpha value is -1.11. The van der Waals surface area contributed by atoms with Crippen LogP contribution < -0.4 is 4.74 Å². The smallest absolute Gasteiger partial charge is 0.243 e. The van der Waals surface area contributed by atoms with E-state index in [4.69, 9.17) is 4.74 Å². The highest BCUT2D eigenvalue weighted by Crippen LogP contribution is 2.27. The van der Waals surface area contributed by atoms with E-state index in [9.17, 15) is 13.5 Å². The number of hydrogen-bond donors (Lipinski definition) is 1. The van der Waals surface area contributed by atoms with E-state index in [1.54, 1.807) is 26.0 Å². The fourth-order valence-corrected chi connectivity index (χ4v) is 3.34. The highest BCUT2D eigenvalue weighted by Gasteiger charge is 2.33. The molecule has 1 aromatic carbocycles. The molecule has 0 fully saturated rings. The fourth-order valence-electron chi connectivity index (χ4n) is 1.75. The molecule has 1 aromatic rings. The molecule has 120 valence electrons. The SMILES string of the molecule is Cc1cc(S(=O)(=O)N(C)C(C)(C)CO)ccc1OC(C)C.